The van der Waals surface area contributed by atoms with Crippen molar-refractivity contribution in [1.82, 2.24) is 10.5 Å². The number of carbonyl (C=O) groups is 1. The molecular formula is C12H18N2O2. The fourth-order valence-electron chi connectivity index (χ4n) is 2.19. The summed E-state index contributed by atoms with van der Waals surface area (Å²) >= 11 is 0. The number of amides is 1. The number of hydrogen-bond donors (Lipinski definition) is 1. The Morgan fingerprint density at radius 1 is 1.50 bits per heavy atom. The van der Waals surface area contributed by atoms with E-state index in [2.05, 4.69) is 10.5 Å². The first-order chi connectivity index (χ1) is 7.75. The third-order valence-electron chi connectivity index (χ3n) is 3.10. The summed E-state index contributed by atoms with van der Waals surface area (Å²) in [5.41, 5.74) is 0.793. The van der Waals surface area contributed by atoms with E-state index in [0.717, 1.165) is 24.3 Å². The van der Waals surface area contributed by atoms with Crippen LogP contribution >= 0.6 is 0 Å². The lowest BCUT2D eigenvalue weighted by Crippen LogP contribution is -2.31. The van der Waals surface area contributed by atoms with E-state index >= 15 is 0 Å². The molecule has 1 saturated carbocycles. The first-order valence-corrected chi connectivity index (χ1v) is 5.95. The minimum Gasteiger partial charge on any atom is -0.361 e. The Kier molecular flexibility index (Phi) is 3.59. The summed E-state index contributed by atoms with van der Waals surface area (Å²) in [6, 6.07) is 1.85. The van der Waals surface area contributed by atoms with Crippen molar-refractivity contribution in [3.63, 3.8) is 0 Å². The predicted molar refractivity (Wildman–Crippen MR) is 59.7 cm³/mol. The molecule has 1 N–H and O–H groups in total. The van der Waals surface area contributed by atoms with Crippen molar-refractivity contribution in [3.05, 3.63) is 17.5 Å². The van der Waals surface area contributed by atoms with Crippen LogP contribution in [-0.4, -0.2) is 11.1 Å². The molecule has 1 fully saturated rings. The van der Waals surface area contributed by atoms with Crippen LogP contribution in [0.3, 0.4) is 0 Å². The molecule has 0 aliphatic heterocycles. The van der Waals surface area contributed by atoms with Gasteiger partial charge in [-0.1, -0.05) is 24.4 Å². The second-order valence-corrected chi connectivity index (χ2v) is 4.48. The fraction of sp³-hybridized carbons (Fsp3) is 0.667. The van der Waals surface area contributed by atoms with Crippen LogP contribution in [0.5, 0.6) is 0 Å². The molecule has 0 saturated heterocycles. The first kappa shape index (κ1) is 11.2. The smallest absolute Gasteiger partial charge is 0.223 e. The summed E-state index contributed by atoms with van der Waals surface area (Å²) in [7, 11) is 0. The molecule has 4 nitrogen and oxygen atoms in total. The zero-order chi connectivity index (χ0) is 11.4. The predicted octanol–water partition coefficient (Wildman–Crippen LogP) is 2.18. The van der Waals surface area contributed by atoms with Gasteiger partial charge in [0.1, 0.15) is 11.5 Å². The average Bonchev–Trinajstić information content (AvgIpc) is 2.73. The molecule has 0 bridgehead atoms. The maximum Gasteiger partial charge on any atom is 0.223 e. The summed E-state index contributed by atoms with van der Waals surface area (Å²) in [4.78, 5) is 11.8. The van der Waals surface area contributed by atoms with Crippen molar-refractivity contribution in [3.8, 4) is 0 Å². The number of aryl methyl sites for hydroxylation is 1. The van der Waals surface area contributed by atoms with E-state index < -0.39 is 0 Å². The third kappa shape index (κ3) is 2.84. The normalized spacial score (nSPS) is 17.3. The largest absolute Gasteiger partial charge is 0.361 e. The number of nitrogens with one attached hydrogen (secondary N) is 1. The Morgan fingerprint density at radius 3 is 2.88 bits per heavy atom. The van der Waals surface area contributed by atoms with Crippen molar-refractivity contribution in [2.45, 2.75) is 45.6 Å². The minimum absolute atomic E-state index is 0.167. The standard InChI is InChI=1S/C12H18N2O2/c1-9-7-11(14-16-9)8-13-12(15)10-5-3-2-4-6-10/h7,10H,2-6,8H2,1H3,(H,13,15). The summed E-state index contributed by atoms with van der Waals surface area (Å²) in [5.74, 6) is 1.16. The van der Waals surface area contributed by atoms with Gasteiger partial charge < -0.3 is 9.84 Å². The molecule has 0 unspecified atom stereocenters. The van der Waals surface area contributed by atoms with Gasteiger partial charge in [-0.3, -0.25) is 4.79 Å². The Hall–Kier alpha value is -1.32. The van der Waals surface area contributed by atoms with E-state index in [0.29, 0.717) is 6.54 Å². The van der Waals surface area contributed by atoms with Gasteiger partial charge in [-0.05, 0) is 19.8 Å². The lowest BCUT2D eigenvalue weighted by atomic mass is 9.89. The molecule has 4 heteroatoms. The monoisotopic (exact) mass is 222 g/mol. The molecule has 1 aromatic heterocycles. The molecule has 1 aliphatic carbocycles. The van der Waals surface area contributed by atoms with Crippen LogP contribution in [0.25, 0.3) is 0 Å². The maximum atomic E-state index is 11.8. The minimum atomic E-state index is 0.167. The van der Waals surface area contributed by atoms with E-state index in [4.69, 9.17) is 4.52 Å². The van der Waals surface area contributed by atoms with Gasteiger partial charge in [0.15, 0.2) is 0 Å². The second-order valence-electron chi connectivity index (χ2n) is 4.48. The van der Waals surface area contributed by atoms with Crippen LogP contribution in [0.1, 0.15) is 43.6 Å². The van der Waals surface area contributed by atoms with E-state index in [1.165, 1.54) is 19.3 Å². The van der Waals surface area contributed by atoms with Crippen LogP contribution in [0.2, 0.25) is 0 Å². The highest BCUT2D eigenvalue weighted by Crippen LogP contribution is 2.23. The van der Waals surface area contributed by atoms with Crippen molar-refractivity contribution < 1.29 is 9.32 Å². The van der Waals surface area contributed by atoms with Gasteiger partial charge in [0, 0.05) is 12.0 Å². The molecule has 0 radical (unpaired) electrons. The van der Waals surface area contributed by atoms with E-state index in [9.17, 15) is 4.79 Å². The van der Waals surface area contributed by atoms with E-state index in [1.807, 2.05) is 13.0 Å². The number of rotatable bonds is 3. The first-order valence-electron chi connectivity index (χ1n) is 5.95. The van der Waals surface area contributed by atoms with Gasteiger partial charge >= 0.3 is 0 Å². The number of nitrogens with zero attached hydrogens (tertiary/aromatic N) is 1. The summed E-state index contributed by atoms with van der Waals surface area (Å²) in [6.45, 7) is 2.33. The van der Waals surface area contributed by atoms with E-state index in [-0.39, 0.29) is 11.8 Å². The third-order valence-corrected chi connectivity index (χ3v) is 3.10. The Balaban J connectivity index is 1.78. The average molecular weight is 222 g/mol. The van der Waals surface area contributed by atoms with Crippen LogP contribution in [0, 0.1) is 12.8 Å². The highest BCUT2D eigenvalue weighted by Gasteiger charge is 2.20. The quantitative estimate of drug-likeness (QED) is 0.852. The summed E-state index contributed by atoms with van der Waals surface area (Å²) in [6.07, 6.45) is 5.70. The molecule has 1 aromatic rings. The SMILES string of the molecule is Cc1cc(CNC(=O)C2CCCCC2)no1. The van der Waals surface area contributed by atoms with Crippen LogP contribution in [0.4, 0.5) is 0 Å². The number of carbonyl (C=O) groups excluding carboxylic acids is 1. The van der Waals surface area contributed by atoms with Crippen LogP contribution in [0.15, 0.2) is 10.6 Å². The fourth-order valence-corrected chi connectivity index (χ4v) is 2.19. The van der Waals surface area contributed by atoms with Gasteiger partial charge in [0.05, 0.1) is 6.54 Å². The van der Waals surface area contributed by atoms with Crippen molar-refractivity contribution in [1.29, 1.82) is 0 Å². The zero-order valence-corrected chi connectivity index (χ0v) is 9.66. The van der Waals surface area contributed by atoms with E-state index in [1.54, 1.807) is 0 Å². The Morgan fingerprint density at radius 2 is 2.25 bits per heavy atom. The van der Waals surface area contributed by atoms with Gasteiger partial charge in [0.2, 0.25) is 5.91 Å². The van der Waals surface area contributed by atoms with Crippen LogP contribution in [-0.2, 0) is 11.3 Å². The van der Waals surface area contributed by atoms with Crippen molar-refractivity contribution >= 4 is 5.91 Å². The molecule has 1 amide bonds. The molecule has 1 heterocycles. The zero-order valence-electron chi connectivity index (χ0n) is 9.66. The molecule has 0 aromatic carbocycles. The molecule has 0 spiro atoms. The summed E-state index contributed by atoms with van der Waals surface area (Å²) < 4.78 is 4.94. The molecule has 0 atom stereocenters. The lowest BCUT2D eigenvalue weighted by Gasteiger charge is -2.20. The van der Waals surface area contributed by atoms with Crippen LogP contribution < -0.4 is 5.32 Å². The molecule has 2 rings (SSSR count). The molecular weight excluding hydrogens is 204 g/mol. The lowest BCUT2D eigenvalue weighted by molar-refractivity contribution is -0.126. The number of hydrogen-bond acceptors (Lipinski definition) is 3. The Labute approximate surface area is 95.4 Å². The van der Waals surface area contributed by atoms with Crippen molar-refractivity contribution in [2.75, 3.05) is 0 Å². The van der Waals surface area contributed by atoms with Gasteiger partial charge in [0.25, 0.3) is 0 Å². The second kappa shape index (κ2) is 5.14. The van der Waals surface area contributed by atoms with Crippen molar-refractivity contribution in [2.24, 2.45) is 5.92 Å². The molecule has 16 heavy (non-hydrogen) atoms. The van der Waals surface area contributed by atoms with Gasteiger partial charge in [-0.25, -0.2) is 0 Å². The van der Waals surface area contributed by atoms with Gasteiger partial charge in [-0.15, -0.1) is 0 Å². The number of aromatic nitrogens is 1. The highest BCUT2D eigenvalue weighted by atomic mass is 16.5. The Bertz CT molecular complexity index is 354. The topological polar surface area (TPSA) is 55.1 Å². The summed E-state index contributed by atoms with van der Waals surface area (Å²) in [5, 5.41) is 6.76. The molecule has 88 valence electrons. The molecule has 1 aliphatic rings. The highest BCUT2D eigenvalue weighted by molar-refractivity contribution is 5.78. The van der Waals surface area contributed by atoms with Gasteiger partial charge in [-0.2, -0.15) is 0 Å². The maximum absolute atomic E-state index is 11.8.